The number of carbonyl (C=O) groups is 1. The summed E-state index contributed by atoms with van der Waals surface area (Å²) in [7, 11) is 0. The molecule has 12 heavy (non-hydrogen) atoms. The zero-order chi connectivity index (χ0) is 9.40. The zero-order valence-corrected chi connectivity index (χ0v) is 8.22. The molecule has 0 N–H and O–H groups in total. The molecule has 0 saturated heterocycles. The zero-order valence-electron chi connectivity index (χ0n) is 8.22. The van der Waals surface area contributed by atoms with Crippen LogP contribution in [0.4, 0.5) is 0 Å². The molecule has 0 amide bonds. The molecule has 0 fully saturated rings. The van der Waals surface area contributed by atoms with Gasteiger partial charge in [0.25, 0.3) is 0 Å². The van der Waals surface area contributed by atoms with Crippen LogP contribution >= 0.6 is 0 Å². The van der Waals surface area contributed by atoms with Gasteiger partial charge in [-0.05, 0) is 26.3 Å². The fourth-order valence-electron chi connectivity index (χ4n) is 0.695. The normalized spacial score (nSPS) is 9.25. The highest BCUT2D eigenvalue weighted by Gasteiger charge is 1.98. The third-order valence-electron chi connectivity index (χ3n) is 1.47. The Morgan fingerprint density at radius 3 is 2.58 bits per heavy atom. The van der Waals surface area contributed by atoms with Crippen LogP contribution in [0.25, 0.3) is 0 Å². The van der Waals surface area contributed by atoms with Gasteiger partial charge >= 0.3 is 5.97 Å². The molecule has 0 aromatic rings. The average molecular weight is 170 g/mol. The van der Waals surface area contributed by atoms with E-state index >= 15 is 0 Å². The van der Waals surface area contributed by atoms with Crippen molar-refractivity contribution < 1.29 is 9.53 Å². The Morgan fingerprint density at radius 1 is 1.42 bits per heavy atom. The smallest absolute Gasteiger partial charge is 0.306 e. The topological polar surface area (TPSA) is 26.3 Å². The number of esters is 1. The van der Waals surface area contributed by atoms with E-state index < -0.39 is 0 Å². The summed E-state index contributed by atoms with van der Waals surface area (Å²) >= 11 is 0. The first-order valence-electron chi connectivity index (χ1n) is 4.45. The number of rotatable bonds is 5. The van der Waals surface area contributed by atoms with E-state index in [2.05, 4.69) is 6.92 Å². The highest BCUT2D eigenvalue weighted by molar-refractivity contribution is 5.69. The van der Waals surface area contributed by atoms with Crippen LogP contribution in [0.3, 0.4) is 0 Å². The van der Waals surface area contributed by atoms with Crippen molar-refractivity contribution >= 4 is 5.97 Å². The molecule has 0 saturated carbocycles. The van der Waals surface area contributed by atoms with Crippen molar-refractivity contribution in [3.8, 4) is 0 Å². The van der Waals surface area contributed by atoms with Crippen molar-refractivity contribution in [3.63, 3.8) is 0 Å². The van der Waals surface area contributed by atoms with E-state index in [1.54, 1.807) is 0 Å². The lowest BCUT2D eigenvalue weighted by Crippen LogP contribution is -2.03. The van der Waals surface area contributed by atoms with Gasteiger partial charge in [0, 0.05) is 6.42 Å². The lowest BCUT2D eigenvalue weighted by atomic mass is 10.2. The van der Waals surface area contributed by atoms with Crippen molar-refractivity contribution in [3.05, 3.63) is 11.6 Å². The summed E-state index contributed by atoms with van der Waals surface area (Å²) in [6, 6.07) is 0. The Bertz CT molecular complexity index is 155. The largest absolute Gasteiger partial charge is 0.461 e. The fraction of sp³-hybridized carbons (Fsp3) is 0.700. The van der Waals surface area contributed by atoms with Gasteiger partial charge in [-0.15, -0.1) is 0 Å². The predicted molar refractivity (Wildman–Crippen MR) is 49.9 cm³/mol. The standard InChI is InChI=1S/C10H18O2/c1-4-5-6-10(11)12-8-7-9(2)3/h7H,4-6,8H2,1-3H3. The van der Waals surface area contributed by atoms with Crippen LogP contribution < -0.4 is 0 Å². The Morgan fingerprint density at radius 2 is 2.08 bits per heavy atom. The van der Waals surface area contributed by atoms with Gasteiger partial charge in [0.1, 0.15) is 6.61 Å². The van der Waals surface area contributed by atoms with Crippen molar-refractivity contribution in [2.45, 2.75) is 40.0 Å². The number of hydrogen-bond donors (Lipinski definition) is 0. The van der Waals surface area contributed by atoms with Crippen molar-refractivity contribution in [2.24, 2.45) is 0 Å². The van der Waals surface area contributed by atoms with E-state index in [0.29, 0.717) is 13.0 Å². The minimum absolute atomic E-state index is 0.0886. The van der Waals surface area contributed by atoms with Crippen LogP contribution in [0.15, 0.2) is 11.6 Å². The monoisotopic (exact) mass is 170 g/mol. The Hall–Kier alpha value is -0.790. The molecule has 0 atom stereocenters. The van der Waals surface area contributed by atoms with Gasteiger partial charge < -0.3 is 4.74 Å². The molecule has 0 aliphatic carbocycles. The first-order valence-corrected chi connectivity index (χ1v) is 4.45. The minimum atomic E-state index is -0.0886. The van der Waals surface area contributed by atoms with E-state index in [4.69, 9.17) is 4.74 Å². The molecule has 0 aliphatic heterocycles. The first-order chi connectivity index (χ1) is 5.66. The van der Waals surface area contributed by atoms with Crippen LogP contribution in [0.2, 0.25) is 0 Å². The molecular weight excluding hydrogens is 152 g/mol. The maximum Gasteiger partial charge on any atom is 0.306 e. The van der Waals surface area contributed by atoms with E-state index in [1.165, 1.54) is 5.57 Å². The third-order valence-corrected chi connectivity index (χ3v) is 1.47. The van der Waals surface area contributed by atoms with Crippen molar-refractivity contribution in [1.29, 1.82) is 0 Å². The van der Waals surface area contributed by atoms with Crippen LogP contribution in [0.5, 0.6) is 0 Å². The second-order valence-electron chi connectivity index (χ2n) is 3.07. The Labute approximate surface area is 74.6 Å². The minimum Gasteiger partial charge on any atom is -0.461 e. The molecule has 0 rings (SSSR count). The predicted octanol–water partition coefficient (Wildman–Crippen LogP) is 2.69. The highest BCUT2D eigenvalue weighted by atomic mass is 16.5. The average Bonchev–Trinajstić information content (AvgIpc) is 2.00. The molecule has 0 radical (unpaired) electrons. The number of unbranched alkanes of at least 4 members (excludes halogenated alkanes) is 1. The lowest BCUT2D eigenvalue weighted by Gasteiger charge is -2.00. The molecule has 0 aromatic heterocycles. The summed E-state index contributed by atoms with van der Waals surface area (Å²) < 4.78 is 4.94. The second-order valence-corrected chi connectivity index (χ2v) is 3.07. The third kappa shape index (κ3) is 7.32. The van der Waals surface area contributed by atoms with Crippen LogP contribution in [-0.2, 0) is 9.53 Å². The second kappa shape index (κ2) is 6.89. The van der Waals surface area contributed by atoms with Gasteiger partial charge in [0.2, 0.25) is 0 Å². The van der Waals surface area contributed by atoms with Gasteiger partial charge in [-0.1, -0.05) is 18.9 Å². The highest BCUT2D eigenvalue weighted by Crippen LogP contribution is 1.97. The van der Waals surface area contributed by atoms with E-state index in [9.17, 15) is 4.79 Å². The first kappa shape index (κ1) is 11.2. The molecule has 0 aliphatic rings. The summed E-state index contributed by atoms with van der Waals surface area (Å²) in [4.78, 5) is 10.9. The van der Waals surface area contributed by atoms with E-state index in [-0.39, 0.29) is 5.97 Å². The molecule has 0 bridgehead atoms. The number of ether oxygens (including phenoxy) is 1. The van der Waals surface area contributed by atoms with Crippen LogP contribution in [0, 0.1) is 0 Å². The van der Waals surface area contributed by atoms with Gasteiger partial charge in [0.05, 0.1) is 0 Å². The van der Waals surface area contributed by atoms with Crippen LogP contribution in [-0.4, -0.2) is 12.6 Å². The summed E-state index contributed by atoms with van der Waals surface area (Å²) in [6.07, 6.45) is 4.42. The fourth-order valence-corrected chi connectivity index (χ4v) is 0.695. The SMILES string of the molecule is CCCCC(=O)OCC=C(C)C. The molecule has 0 heterocycles. The lowest BCUT2D eigenvalue weighted by molar-refractivity contribution is -0.142. The molecule has 0 unspecified atom stereocenters. The maximum absolute atomic E-state index is 10.9. The van der Waals surface area contributed by atoms with Gasteiger partial charge in [-0.2, -0.15) is 0 Å². The number of hydrogen-bond acceptors (Lipinski definition) is 2. The number of carbonyl (C=O) groups excluding carboxylic acids is 1. The molecular formula is C10H18O2. The summed E-state index contributed by atoms with van der Waals surface area (Å²) in [5.74, 6) is -0.0886. The van der Waals surface area contributed by atoms with E-state index in [1.807, 2.05) is 19.9 Å². The molecule has 0 spiro atoms. The molecule has 70 valence electrons. The summed E-state index contributed by atoms with van der Waals surface area (Å²) in [6.45, 7) is 6.45. The van der Waals surface area contributed by atoms with Gasteiger partial charge in [-0.3, -0.25) is 4.79 Å². The summed E-state index contributed by atoms with van der Waals surface area (Å²) in [5, 5.41) is 0. The maximum atomic E-state index is 10.9. The molecule has 2 heteroatoms. The van der Waals surface area contributed by atoms with Gasteiger partial charge in [0.15, 0.2) is 0 Å². The Kier molecular flexibility index (Phi) is 6.44. The van der Waals surface area contributed by atoms with Crippen LogP contribution in [0.1, 0.15) is 40.0 Å². The van der Waals surface area contributed by atoms with E-state index in [0.717, 1.165) is 12.8 Å². The summed E-state index contributed by atoms with van der Waals surface area (Å²) in [5.41, 5.74) is 1.18. The molecule has 2 nitrogen and oxygen atoms in total. The van der Waals surface area contributed by atoms with Crippen molar-refractivity contribution in [1.82, 2.24) is 0 Å². The molecule has 0 aromatic carbocycles. The quantitative estimate of drug-likeness (QED) is 0.468. The Balaban J connectivity index is 3.38. The van der Waals surface area contributed by atoms with Gasteiger partial charge in [-0.25, -0.2) is 0 Å². The number of allylic oxidation sites excluding steroid dienone is 1. The van der Waals surface area contributed by atoms with Crippen molar-refractivity contribution in [2.75, 3.05) is 6.61 Å².